The molecule has 0 bridgehead atoms. The first kappa shape index (κ1) is 26.6. The van der Waals surface area contributed by atoms with E-state index < -0.39 is 6.09 Å². The largest absolute Gasteiger partial charge is 0.465 e. The number of benzene rings is 2. The van der Waals surface area contributed by atoms with E-state index >= 15 is 0 Å². The molecule has 1 saturated heterocycles. The van der Waals surface area contributed by atoms with Crippen LogP contribution in [-0.4, -0.2) is 74.7 Å². The summed E-state index contributed by atoms with van der Waals surface area (Å²) in [6.45, 7) is 1.99. The van der Waals surface area contributed by atoms with Crippen LogP contribution in [0.25, 0.3) is 11.3 Å². The second-order valence-electron chi connectivity index (χ2n) is 11.6. The van der Waals surface area contributed by atoms with Crippen molar-refractivity contribution < 1.29 is 14.7 Å². The summed E-state index contributed by atoms with van der Waals surface area (Å²) in [5, 5.41) is 13.6. The number of imidazole rings is 1. The predicted molar refractivity (Wildman–Crippen MR) is 154 cm³/mol. The summed E-state index contributed by atoms with van der Waals surface area (Å²) in [6, 6.07) is 20.4. The minimum atomic E-state index is -0.943. The van der Waals surface area contributed by atoms with Gasteiger partial charge in [-0.25, -0.2) is 9.78 Å². The topological polar surface area (TPSA) is 90.7 Å². The van der Waals surface area contributed by atoms with Crippen molar-refractivity contribution in [3.8, 4) is 11.3 Å². The molecule has 8 nitrogen and oxygen atoms in total. The van der Waals surface area contributed by atoms with Crippen LogP contribution in [0.5, 0.6) is 0 Å². The summed E-state index contributed by atoms with van der Waals surface area (Å²) in [5.41, 5.74) is 3.39. The summed E-state index contributed by atoms with van der Waals surface area (Å²) in [7, 11) is 0. The first-order chi connectivity index (χ1) is 19.6. The van der Waals surface area contributed by atoms with E-state index in [9.17, 15) is 14.7 Å². The minimum Gasteiger partial charge on any atom is -0.465 e. The third kappa shape index (κ3) is 5.77. The van der Waals surface area contributed by atoms with Crippen LogP contribution >= 0.6 is 0 Å². The number of nitrogens with zero attached hydrogens (tertiary/aromatic N) is 4. The molecule has 0 unspecified atom stereocenters. The molecule has 6 rings (SSSR count). The number of aromatic nitrogens is 2. The molecule has 0 radical (unpaired) electrons. The van der Waals surface area contributed by atoms with Crippen molar-refractivity contribution in [3.63, 3.8) is 0 Å². The van der Waals surface area contributed by atoms with Crippen LogP contribution < -0.4 is 5.32 Å². The van der Waals surface area contributed by atoms with Crippen molar-refractivity contribution in [2.75, 3.05) is 26.2 Å². The van der Waals surface area contributed by atoms with E-state index in [1.54, 1.807) is 0 Å². The van der Waals surface area contributed by atoms with E-state index in [2.05, 4.69) is 22.0 Å². The highest BCUT2D eigenvalue weighted by Gasteiger charge is 2.37. The maximum absolute atomic E-state index is 14.3. The molecule has 2 saturated carbocycles. The Morgan fingerprint density at radius 1 is 0.925 bits per heavy atom. The van der Waals surface area contributed by atoms with E-state index in [-0.39, 0.29) is 24.5 Å². The lowest BCUT2D eigenvalue weighted by atomic mass is 9.89. The lowest BCUT2D eigenvalue weighted by Gasteiger charge is -2.40. The summed E-state index contributed by atoms with van der Waals surface area (Å²) in [5.74, 6) is 0.684. The number of carboxylic acid groups (broad SMARTS) is 1. The standard InChI is InChI=1S/C32H39N5O3/c38-31(36-18-17-35(32(39)40)21-26(36)19-23-9-3-1-4-10-23)29-30(25-11-5-2-6-12-25)37(22-34-29)28-14-8-7-13-27(28)33-20-24-15-16-24/h1-6,9-12,22,24,26-28,33H,7-8,13-21H2,(H,39,40)/t26-,27-,28+/m1/s1. The van der Waals surface area contributed by atoms with Gasteiger partial charge in [-0.2, -0.15) is 0 Å². The Balaban J connectivity index is 1.34. The molecule has 210 valence electrons. The molecule has 2 amide bonds. The van der Waals surface area contributed by atoms with Gasteiger partial charge in [0.2, 0.25) is 0 Å². The number of carbonyl (C=O) groups excluding carboxylic acids is 1. The summed E-state index contributed by atoms with van der Waals surface area (Å²) < 4.78 is 2.26. The average Bonchev–Trinajstić information content (AvgIpc) is 3.72. The molecule has 3 aromatic rings. The van der Waals surface area contributed by atoms with E-state index in [1.165, 1.54) is 24.2 Å². The zero-order valence-electron chi connectivity index (χ0n) is 23.0. The van der Waals surface area contributed by atoms with Crippen molar-refractivity contribution in [1.82, 2.24) is 24.7 Å². The van der Waals surface area contributed by atoms with Gasteiger partial charge in [0.05, 0.1) is 24.1 Å². The lowest BCUT2D eigenvalue weighted by Crippen LogP contribution is -2.57. The summed E-state index contributed by atoms with van der Waals surface area (Å²) in [4.78, 5) is 34.3. The van der Waals surface area contributed by atoms with Crippen LogP contribution in [-0.2, 0) is 6.42 Å². The highest BCUT2D eigenvalue weighted by atomic mass is 16.4. The Labute approximate surface area is 236 Å². The molecule has 2 heterocycles. The Morgan fingerprint density at radius 3 is 2.38 bits per heavy atom. The third-order valence-electron chi connectivity index (χ3n) is 8.82. The minimum absolute atomic E-state index is 0.123. The Morgan fingerprint density at radius 2 is 1.65 bits per heavy atom. The molecule has 2 N–H and O–H groups in total. The molecule has 3 fully saturated rings. The fraction of sp³-hybridized carbons (Fsp3) is 0.469. The van der Waals surface area contributed by atoms with Gasteiger partial charge in [-0.05, 0) is 50.1 Å². The number of amides is 2. The molecular weight excluding hydrogens is 502 g/mol. The van der Waals surface area contributed by atoms with Crippen LogP contribution in [0.3, 0.4) is 0 Å². The second kappa shape index (κ2) is 11.8. The predicted octanol–water partition coefficient (Wildman–Crippen LogP) is 5.08. The normalized spacial score (nSPS) is 23.2. The highest BCUT2D eigenvalue weighted by molar-refractivity contribution is 5.98. The SMILES string of the molecule is O=C(O)N1CCN(C(=O)c2ncn([C@H]3CCCC[C@H]3NCC3CC3)c2-c2ccccc2)[C@H](Cc2ccccc2)C1. The number of carbonyl (C=O) groups is 2. The smallest absolute Gasteiger partial charge is 0.407 e. The number of hydrogen-bond acceptors (Lipinski definition) is 4. The van der Waals surface area contributed by atoms with Gasteiger partial charge in [-0.3, -0.25) is 4.79 Å². The van der Waals surface area contributed by atoms with Gasteiger partial charge in [-0.1, -0.05) is 73.5 Å². The lowest BCUT2D eigenvalue weighted by molar-refractivity contribution is 0.0447. The number of piperazine rings is 1. The van der Waals surface area contributed by atoms with Crippen LogP contribution in [0.2, 0.25) is 0 Å². The van der Waals surface area contributed by atoms with Crippen LogP contribution in [0, 0.1) is 5.92 Å². The van der Waals surface area contributed by atoms with Crippen LogP contribution in [0.1, 0.15) is 60.6 Å². The molecule has 3 aliphatic rings. The molecule has 2 aromatic carbocycles. The fourth-order valence-corrected chi connectivity index (χ4v) is 6.47. The monoisotopic (exact) mass is 541 g/mol. The van der Waals surface area contributed by atoms with E-state index in [0.29, 0.717) is 31.2 Å². The number of nitrogens with one attached hydrogen (secondary N) is 1. The summed E-state index contributed by atoms with van der Waals surface area (Å²) in [6.07, 6.45) is 8.73. The van der Waals surface area contributed by atoms with Gasteiger partial charge in [0.15, 0.2) is 5.69 Å². The first-order valence-corrected chi connectivity index (χ1v) is 14.8. The quantitative estimate of drug-likeness (QED) is 0.415. The van der Waals surface area contributed by atoms with Gasteiger partial charge in [0, 0.05) is 31.2 Å². The van der Waals surface area contributed by atoms with E-state index in [1.807, 2.05) is 59.8 Å². The average molecular weight is 542 g/mol. The summed E-state index contributed by atoms with van der Waals surface area (Å²) >= 11 is 0. The Hall–Kier alpha value is -3.65. The van der Waals surface area contributed by atoms with E-state index in [0.717, 1.165) is 48.5 Å². The highest BCUT2D eigenvalue weighted by Crippen LogP contribution is 2.36. The maximum Gasteiger partial charge on any atom is 0.407 e. The third-order valence-corrected chi connectivity index (χ3v) is 8.82. The number of hydrogen-bond donors (Lipinski definition) is 2. The van der Waals surface area contributed by atoms with Gasteiger partial charge in [0.1, 0.15) is 0 Å². The number of rotatable bonds is 8. The Bertz CT molecular complexity index is 1310. The Kier molecular flexibility index (Phi) is 7.86. The van der Waals surface area contributed by atoms with Crippen molar-refractivity contribution in [1.29, 1.82) is 0 Å². The fourth-order valence-electron chi connectivity index (χ4n) is 6.47. The van der Waals surface area contributed by atoms with Crippen molar-refractivity contribution >= 4 is 12.0 Å². The molecule has 8 heteroatoms. The second-order valence-corrected chi connectivity index (χ2v) is 11.6. The van der Waals surface area contributed by atoms with Crippen molar-refractivity contribution in [2.24, 2.45) is 5.92 Å². The first-order valence-electron chi connectivity index (χ1n) is 14.8. The van der Waals surface area contributed by atoms with Crippen molar-refractivity contribution in [2.45, 2.75) is 63.1 Å². The molecule has 40 heavy (non-hydrogen) atoms. The van der Waals surface area contributed by atoms with Gasteiger partial charge < -0.3 is 24.8 Å². The van der Waals surface area contributed by atoms with E-state index in [4.69, 9.17) is 4.98 Å². The zero-order valence-corrected chi connectivity index (χ0v) is 23.0. The molecule has 0 spiro atoms. The molecule has 2 aliphatic carbocycles. The van der Waals surface area contributed by atoms with Crippen molar-refractivity contribution in [3.05, 3.63) is 78.2 Å². The van der Waals surface area contributed by atoms with Gasteiger partial charge in [-0.15, -0.1) is 0 Å². The molecule has 1 aliphatic heterocycles. The van der Waals surface area contributed by atoms with Crippen LogP contribution in [0.15, 0.2) is 67.0 Å². The molecule has 1 aromatic heterocycles. The van der Waals surface area contributed by atoms with Gasteiger partial charge in [0.25, 0.3) is 5.91 Å². The zero-order chi connectivity index (χ0) is 27.5. The maximum atomic E-state index is 14.3. The molecular formula is C32H39N5O3. The van der Waals surface area contributed by atoms with Gasteiger partial charge >= 0.3 is 6.09 Å². The molecule has 3 atom stereocenters. The van der Waals surface area contributed by atoms with Crippen LogP contribution in [0.4, 0.5) is 4.79 Å².